The third-order valence-corrected chi connectivity index (χ3v) is 9.59. The third kappa shape index (κ3) is 6.38. The SMILES string of the molecule is C[C@H]1NC(=O)CC/C=C\[C@H]2O[C@]34C=CCN(C(C)(C)CC(C)(C)C)C(=O)[C@H]3N(CCCO)C(=O)[C@@H]4[C@H]2C(=O)O[C@@H]1c1ccccc1. The molecule has 0 bridgehead atoms. The van der Waals surface area contributed by atoms with Crippen molar-refractivity contribution in [3.8, 4) is 0 Å². The van der Waals surface area contributed by atoms with E-state index in [0.717, 1.165) is 6.42 Å². The highest BCUT2D eigenvalue weighted by atomic mass is 16.6. The van der Waals surface area contributed by atoms with E-state index in [4.69, 9.17) is 9.47 Å². The van der Waals surface area contributed by atoms with Crippen molar-refractivity contribution in [1.29, 1.82) is 0 Å². The van der Waals surface area contributed by atoms with Gasteiger partial charge in [-0.3, -0.25) is 19.2 Å². The quantitative estimate of drug-likeness (QED) is 0.361. The number of carbonyl (C=O) groups excluding carboxylic acids is 4. The third-order valence-electron chi connectivity index (χ3n) is 9.59. The van der Waals surface area contributed by atoms with Crippen LogP contribution in [0.3, 0.4) is 0 Å². The van der Waals surface area contributed by atoms with Crippen LogP contribution >= 0.6 is 0 Å². The average Bonchev–Trinajstić information content (AvgIpc) is 3.35. The predicted molar refractivity (Wildman–Crippen MR) is 172 cm³/mol. The van der Waals surface area contributed by atoms with E-state index >= 15 is 0 Å². The number of nitrogens with one attached hydrogen (secondary N) is 1. The summed E-state index contributed by atoms with van der Waals surface area (Å²) in [5.74, 6) is -3.46. The Labute approximate surface area is 272 Å². The van der Waals surface area contributed by atoms with Gasteiger partial charge in [0.15, 0.2) is 0 Å². The van der Waals surface area contributed by atoms with Crippen molar-refractivity contribution in [3.63, 3.8) is 0 Å². The number of fused-ring (bicyclic) bond motifs is 2. The van der Waals surface area contributed by atoms with E-state index in [9.17, 15) is 24.3 Å². The first kappa shape index (κ1) is 33.9. The van der Waals surface area contributed by atoms with Crippen LogP contribution < -0.4 is 5.32 Å². The maximum atomic E-state index is 14.7. The van der Waals surface area contributed by atoms with Crippen LogP contribution in [-0.2, 0) is 28.7 Å². The van der Waals surface area contributed by atoms with E-state index in [1.165, 1.54) is 4.90 Å². The maximum absolute atomic E-state index is 14.7. The Morgan fingerprint density at radius 3 is 2.41 bits per heavy atom. The van der Waals surface area contributed by atoms with Gasteiger partial charge in [-0.1, -0.05) is 75.4 Å². The van der Waals surface area contributed by atoms with Gasteiger partial charge in [0, 0.05) is 31.7 Å². The fourth-order valence-corrected chi connectivity index (χ4v) is 8.12. The van der Waals surface area contributed by atoms with Crippen molar-refractivity contribution in [2.24, 2.45) is 17.3 Å². The Kier molecular flexibility index (Phi) is 9.53. The molecule has 0 aromatic heterocycles. The molecule has 10 heteroatoms. The van der Waals surface area contributed by atoms with Crippen molar-refractivity contribution >= 4 is 23.7 Å². The molecule has 10 nitrogen and oxygen atoms in total. The molecule has 1 spiro atoms. The van der Waals surface area contributed by atoms with Crippen LogP contribution in [0, 0.1) is 17.3 Å². The molecule has 0 unspecified atom stereocenters. The minimum Gasteiger partial charge on any atom is -0.455 e. The van der Waals surface area contributed by atoms with Crippen LogP contribution in [0.15, 0.2) is 54.6 Å². The summed E-state index contributed by atoms with van der Waals surface area (Å²) >= 11 is 0. The van der Waals surface area contributed by atoms with Crippen molar-refractivity contribution < 1.29 is 33.8 Å². The van der Waals surface area contributed by atoms with Crippen molar-refractivity contribution in [2.45, 2.75) is 103 Å². The first-order chi connectivity index (χ1) is 21.7. The highest BCUT2D eigenvalue weighted by molar-refractivity contribution is 5.99. The van der Waals surface area contributed by atoms with Gasteiger partial charge in [0.1, 0.15) is 23.7 Å². The number of amides is 3. The fourth-order valence-electron chi connectivity index (χ4n) is 8.12. The standard InChI is InChI=1S/C36H49N3O7/c1-23-29(24-14-8-7-9-15-24)45-33(44)27-25(16-10-11-17-26(41)37-23)46-36-18-12-20-39(35(5,6)22-34(2,3)4)32(43)30(36)38(19-13-21-40)31(42)28(27)36/h7-10,12,14-16,18,23,25,27-30,40H,11,13,17,19-22H2,1-6H3,(H,37,41)/b16-10-/t23-,25-,27+,28+,29+,30-,36+/m1/s1. The Hall–Kier alpha value is -3.50. The van der Waals surface area contributed by atoms with Crippen LogP contribution in [0.2, 0.25) is 0 Å². The van der Waals surface area contributed by atoms with Gasteiger partial charge in [-0.25, -0.2) is 0 Å². The number of hydrogen-bond acceptors (Lipinski definition) is 7. The molecule has 5 rings (SSSR count). The zero-order valence-electron chi connectivity index (χ0n) is 27.9. The number of aliphatic hydroxyl groups is 1. The number of aliphatic hydroxyl groups excluding tert-OH is 1. The molecule has 2 fully saturated rings. The van der Waals surface area contributed by atoms with Crippen LogP contribution in [-0.4, -0.2) is 87.6 Å². The summed E-state index contributed by atoms with van der Waals surface area (Å²) in [7, 11) is 0. The second-order valence-corrected chi connectivity index (χ2v) is 14.9. The Morgan fingerprint density at radius 2 is 1.74 bits per heavy atom. The summed E-state index contributed by atoms with van der Waals surface area (Å²) in [5, 5.41) is 12.7. The Balaban J connectivity index is 1.59. The molecule has 250 valence electrons. The largest absolute Gasteiger partial charge is 0.455 e. The number of benzene rings is 1. The van der Waals surface area contributed by atoms with Gasteiger partial charge in [0.25, 0.3) is 0 Å². The maximum Gasteiger partial charge on any atom is 0.313 e. The van der Waals surface area contributed by atoms with E-state index in [0.29, 0.717) is 18.5 Å². The lowest BCUT2D eigenvalue weighted by molar-refractivity contribution is -0.161. The number of carbonyl (C=O) groups is 4. The number of cyclic esters (lactones) is 1. The number of allylic oxidation sites excluding steroid dienone is 1. The van der Waals surface area contributed by atoms with Gasteiger partial charge < -0.3 is 29.7 Å². The molecule has 4 aliphatic heterocycles. The smallest absolute Gasteiger partial charge is 0.313 e. The number of rotatable bonds is 6. The summed E-state index contributed by atoms with van der Waals surface area (Å²) in [5.41, 5.74) is -1.32. The fraction of sp³-hybridized carbons (Fsp3) is 0.611. The normalized spacial score (nSPS) is 32.8. The molecule has 0 aliphatic carbocycles. The molecule has 0 radical (unpaired) electrons. The van der Waals surface area contributed by atoms with Crippen LogP contribution in [0.1, 0.15) is 78.9 Å². The highest BCUT2D eigenvalue weighted by Gasteiger charge is 2.72. The molecule has 4 heterocycles. The van der Waals surface area contributed by atoms with E-state index < -0.39 is 53.2 Å². The second-order valence-electron chi connectivity index (χ2n) is 14.9. The van der Waals surface area contributed by atoms with Gasteiger partial charge in [0.2, 0.25) is 17.7 Å². The molecule has 46 heavy (non-hydrogen) atoms. The zero-order chi connectivity index (χ0) is 33.4. The van der Waals surface area contributed by atoms with Crippen molar-refractivity contribution in [1.82, 2.24) is 15.1 Å². The van der Waals surface area contributed by atoms with Gasteiger partial charge >= 0.3 is 5.97 Å². The monoisotopic (exact) mass is 635 g/mol. The van der Waals surface area contributed by atoms with Gasteiger partial charge in [-0.15, -0.1) is 0 Å². The number of hydrogen-bond donors (Lipinski definition) is 2. The molecule has 4 aliphatic rings. The molecule has 2 N–H and O–H groups in total. The first-order valence-electron chi connectivity index (χ1n) is 16.5. The Bertz CT molecular complexity index is 1380. The molecule has 1 aromatic rings. The molecular formula is C36H49N3O7. The summed E-state index contributed by atoms with van der Waals surface area (Å²) in [4.78, 5) is 59.7. The van der Waals surface area contributed by atoms with Crippen LogP contribution in [0.4, 0.5) is 0 Å². The van der Waals surface area contributed by atoms with Gasteiger partial charge in [0.05, 0.1) is 18.1 Å². The predicted octanol–water partition coefficient (Wildman–Crippen LogP) is 3.70. The number of nitrogens with zero attached hydrogens (tertiary/aromatic N) is 2. The number of esters is 1. The number of ether oxygens (including phenoxy) is 2. The molecule has 2 saturated heterocycles. The average molecular weight is 636 g/mol. The molecule has 1 aromatic carbocycles. The zero-order valence-corrected chi connectivity index (χ0v) is 27.9. The molecule has 7 atom stereocenters. The summed E-state index contributed by atoms with van der Waals surface area (Å²) in [6, 6.07) is 7.65. The van der Waals surface area contributed by atoms with Crippen LogP contribution in [0.5, 0.6) is 0 Å². The molecular weight excluding hydrogens is 586 g/mol. The lowest BCUT2D eigenvalue weighted by Gasteiger charge is -2.44. The minimum atomic E-state index is -1.42. The molecule has 3 amide bonds. The van der Waals surface area contributed by atoms with E-state index in [1.54, 1.807) is 19.1 Å². The highest BCUT2D eigenvalue weighted by Crippen LogP contribution is 2.54. The lowest BCUT2D eigenvalue weighted by atomic mass is 9.77. The molecule has 0 saturated carbocycles. The van der Waals surface area contributed by atoms with Crippen molar-refractivity contribution in [2.75, 3.05) is 19.7 Å². The van der Waals surface area contributed by atoms with Crippen molar-refractivity contribution in [3.05, 3.63) is 60.2 Å². The summed E-state index contributed by atoms with van der Waals surface area (Å²) in [6.07, 6.45) is 7.22. The number of likely N-dealkylation sites (tertiary alicyclic amines) is 1. The van der Waals surface area contributed by atoms with E-state index in [-0.39, 0.29) is 49.1 Å². The lowest BCUT2D eigenvalue weighted by Crippen LogP contribution is -2.60. The topological polar surface area (TPSA) is 125 Å². The van der Waals surface area contributed by atoms with E-state index in [2.05, 4.69) is 26.1 Å². The summed E-state index contributed by atoms with van der Waals surface area (Å²) < 4.78 is 13.0. The van der Waals surface area contributed by atoms with Gasteiger partial charge in [-0.05, 0) is 51.0 Å². The minimum absolute atomic E-state index is 0.0664. The van der Waals surface area contributed by atoms with E-state index in [1.807, 2.05) is 61.2 Å². The Morgan fingerprint density at radius 1 is 1.02 bits per heavy atom. The summed E-state index contributed by atoms with van der Waals surface area (Å²) in [6.45, 7) is 12.6. The van der Waals surface area contributed by atoms with Gasteiger partial charge in [-0.2, -0.15) is 0 Å². The van der Waals surface area contributed by atoms with Crippen LogP contribution in [0.25, 0.3) is 0 Å². The first-order valence-corrected chi connectivity index (χ1v) is 16.5. The second kappa shape index (κ2) is 13.0.